The molecule has 0 atom stereocenters. The molecule has 3 aromatic rings. The van der Waals surface area contributed by atoms with Crippen LogP contribution in [0.15, 0.2) is 77.7 Å². The maximum Gasteiger partial charge on any atom is 0.262 e. The second kappa shape index (κ2) is 10.3. The third-order valence-electron chi connectivity index (χ3n) is 4.49. The zero-order valence-electron chi connectivity index (χ0n) is 17.3. The minimum atomic E-state index is -3.91. The van der Waals surface area contributed by atoms with Gasteiger partial charge in [-0.2, -0.15) is 0 Å². The van der Waals surface area contributed by atoms with E-state index >= 15 is 0 Å². The van der Waals surface area contributed by atoms with Crippen molar-refractivity contribution in [3.8, 4) is 0 Å². The Kier molecular flexibility index (Phi) is 7.50. The van der Waals surface area contributed by atoms with E-state index in [1.165, 1.54) is 12.1 Å². The molecule has 0 spiro atoms. The lowest BCUT2D eigenvalue weighted by Gasteiger charge is -2.13. The van der Waals surface area contributed by atoms with Gasteiger partial charge in [0, 0.05) is 10.7 Å². The van der Waals surface area contributed by atoms with Gasteiger partial charge in [0.05, 0.1) is 23.5 Å². The monoisotopic (exact) mass is 471 g/mol. The van der Waals surface area contributed by atoms with Crippen LogP contribution in [0.5, 0.6) is 0 Å². The molecule has 7 nitrogen and oxygen atoms in total. The van der Waals surface area contributed by atoms with Crippen LogP contribution in [-0.4, -0.2) is 26.8 Å². The number of carbonyl (C=O) groups excluding carboxylic acids is 2. The number of anilines is 2. The van der Waals surface area contributed by atoms with Gasteiger partial charge in [0.2, 0.25) is 11.8 Å². The number of halogens is 1. The van der Waals surface area contributed by atoms with E-state index in [-0.39, 0.29) is 23.8 Å². The number of aryl methyl sites for hydroxylation is 1. The van der Waals surface area contributed by atoms with E-state index in [1.54, 1.807) is 37.3 Å². The predicted molar refractivity (Wildman–Crippen MR) is 125 cm³/mol. The fourth-order valence-corrected chi connectivity index (χ4v) is 4.47. The summed E-state index contributed by atoms with van der Waals surface area (Å²) < 4.78 is 28.2. The molecule has 0 saturated carbocycles. The average Bonchev–Trinajstić information content (AvgIpc) is 2.74. The van der Waals surface area contributed by atoms with Crippen molar-refractivity contribution in [2.45, 2.75) is 18.2 Å². The Hall–Kier alpha value is -3.36. The van der Waals surface area contributed by atoms with Crippen LogP contribution in [0.3, 0.4) is 0 Å². The van der Waals surface area contributed by atoms with E-state index in [4.69, 9.17) is 11.6 Å². The van der Waals surface area contributed by atoms with E-state index in [9.17, 15) is 18.0 Å². The van der Waals surface area contributed by atoms with E-state index in [1.807, 2.05) is 30.3 Å². The molecular weight excluding hydrogens is 450 g/mol. The summed E-state index contributed by atoms with van der Waals surface area (Å²) in [6.45, 7) is 1.42. The smallest absolute Gasteiger partial charge is 0.262 e. The van der Waals surface area contributed by atoms with Crippen LogP contribution >= 0.6 is 11.6 Å². The second-order valence-electron chi connectivity index (χ2n) is 7.08. The van der Waals surface area contributed by atoms with Gasteiger partial charge in [-0.1, -0.05) is 54.1 Å². The summed E-state index contributed by atoms with van der Waals surface area (Å²) >= 11 is 5.92. The molecule has 3 N–H and O–H groups in total. The van der Waals surface area contributed by atoms with Crippen molar-refractivity contribution in [1.29, 1.82) is 0 Å². The topological polar surface area (TPSA) is 104 Å². The molecule has 0 heterocycles. The SMILES string of the molecule is Cc1ccc(NC(=O)CNC(=O)Cc2ccccc2)cc1S(=O)(=O)Nc1cccc(Cl)c1. The number of amides is 2. The summed E-state index contributed by atoms with van der Waals surface area (Å²) in [6, 6.07) is 20.1. The standard InChI is InChI=1S/C23H22ClN3O4S/c1-16-10-11-19(14-21(16)32(30,31)27-20-9-5-8-18(24)13-20)26-23(29)15-25-22(28)12-17-6-3-2-4-7-17/h2-11,13-14,27H,12,15H2,1H3,(H,25,28)(H,26,29). The Morgan fingerprint density at radius 2 is 1.62 bits per heavy atom. The number of benzene rings is 3. The molecule has 0 aromatic heterocycles. The molecule has 0 unspecified atom stereocenters. The first-order valence-electron chi connectivity index (χ1n) is 9.72. The summed E-state index contributed by atoms with van der Waals surface area (Å²) in [5.41, 5.74) is 1.97. The Labute approximate surface area is 191 Å². The molecule has 0 aliphatic heterocycles. The Morgan fingerprint density at radius 3 is 2.34 bits per heavy atom. The lowest BCUT2D eigenvalue weighted by atomic mass is 10.1. The van der Waals surface area contributed by atoms with Gasteiger partial charge in [-0.15, -0.1) is 0 Å². The van der Waals surface area contributed by atoms with Crippen LogP contribution in [0.1, 0.15) is 11.1 Å². The number of sulfonamides is 1. The highest BCUT2D eigenvalue weighted by Gasteiger charge is 2.18. The van der Waals surface area contributed by atoms with Gasteiger partial charge in [0.1, 0.15) is 0 Å². The Balaban J connectivity index is 1.63. The zero-order valence-corrected chi connectivity index (χ0v) is 18.8. The number of hydrogen-bond acceptors (Lipinski definition) is 4. The Morgan fingerprint density at radius 1 is 0.875 bits per heavy atom. The first kappa shape index (κ1) is 23.3. The fourth-order valence-electron chi connectivity index (χ4n) is 2.96. The first-order valence-corrected chi connectivity index (χ1v) is 11.6. The molecule has 3 aromatic carbocycles. The van der Waals surface area contributed by atoms with Crippen LogP contribution in [0, 0.1) is 6.92 Å². The van der Waals surface area contributed by atoms with Crippen molar-refractivity contribution in [3.63, 3.8) is 0 Å². The maximum atomic E-state index is 12.8. The minimum absolute atomic E-state index is 0.0170. The van der Waals surface area contributed by atoms with Crippen molar-refractivity contribution in [3.05, 3.63) is 88.9 Å². The molecule has 32 heavy (non-hydrogen) atoms. The largest absolute Gasteiger partial charge is 0.347 e. The highest BCUT2D eigenvalue weighted by molar-refractivity contribution is 7.92. The lowest BCUT2D eigenvalue weighted by Crippen LogP contribution is -2.33. The van der Waals surface area contributed by atoms with Crippen LogP contribution in [-0.2, 0) is 26.0 Å². The molecular formula is C23H22ClN3O4S. The quantitative estimate of drug-likeness (QED) is 0.465. The first-order chi connectivity index (χ1) is 15.2. The molecule has 2 amide bonds. The molecule has 0 aliphatic rings. The van der Waals surface area contributed by atoms with Crippen LogP contribution in [0.4, 0.5) is 11.4 Å². The van der Waals surface area contributed by atoms with Gasteiger partial charge < -0.3 is 10.6 Å². The molecule has 3 rings (SSSR count). The number of nitrogens with one attached hydrogen (secondary N) is 3. The van der Waals surface area contributed by atoms with Gasteiger partial charge >= 0.3 is 0 Å². The highest BCUT2D eigenvalue weighted by Crippen LogP contribution is 2.24. The predicted octanol–water partition coefficient (Wildman–Crippen LogP) is 3.75. The van der Waals surface area contributed by atoms with Crippen LogP contribution in [0.25, 0.3) is 0 Å². The summed E-state index contributed by atoms with van der Waals surface area (Å²) in [5.74, 6) is -0.759. The van der Waals surface area contributed by atoms with Crippen molar-refractivity contribution in [2.24, 2.45) is 0 Å². The van der Waals surface area contributed by atoms with Crippen LogP contribution < -0.4 is 15.4 Å². The molecule has 0 saturated heterocycles. The van der Waals surface area contributed by atoms with Crippen molar-refractivity contribution in [1.82, 2.24) is 5.32 Å². The van der Waals surface area contributed by atoms with Gasteiger partial charge in [-0.25, -0.2) is 8.42 Å². The van der Waals surface area contributed by atoms with Gasteiger partial charge in [0.15, 0.2) is 0 Å². The Bertz CT molecular complexity index is 1230. The third-order valence-corrected chi connectivity index (χ3v) is 6.25. The van der Waals surface area contributed by atoms with E-state index in [0.29, 0.717) is 22.0 Å². The van der Waals surface area contributed by atoms with Crippen molar-refractivity contribution < 1.29 is 18.0 Å². The van der Waals surface area contributed by atoms with E-state index in [2.05, 4.69) is 15.4 Å². The molecule has 0 radical (unpaired) electrons. The third kappa shape index (κ3) is 6.57. The van der Waals surface area contributed by atoms with Crippen molar-refractivity contribution in [2.75, 3.05) is 16.6 Å². The molecule has 166 valence electrons. The number of rotatable bonds is 8. The summed E-state index contributed by atoms with van der Waals surface area (Å²) in [4.78, 5) is 24.3. The van der Waals surface area contributed by atoms with E-state index in [0.717, 1.165) is 5.56 Å². The molecule has 0 bridgehead atoms. The van der Waals surface area contributed by atoms with E-state index < -0.39 is 15.9 Å². The molecule has 9 heteroatoms. The average molecular weight is 472 g/mol. The minimum Gasteiger partial charge on any atom is -0.347 e. The normalized spacial score (nSPS) is 10.9. The summed E-state index contributed by atoms with van der Waals surface area (Å²) in [5, 5.41) is 5.56. The number of hydrogen-bond donors (Lipinski definition) is 3. The summed E-state index contributed by atoms with van der Waals surface area (Å²) in [7, 11) is -3.91. The maximum absolute atomic E-state index is 12.8. The van der Waals surface area contributed by atoms with Gasteiger partial charge in [-0.3, -0.25) is 14.3 Å². The fraction of sp³-hybridized carbons (Fsp3) is 0.130. The van der Waals surface area contributed by atoms with Gasteiger partial charge in [0.25, 0.3) is 10.0 Å². The van der Waals surface area contributed by atoms with Crippen LogP contribution in [0.2, 0.25) is 5.02 Å². The zero-order chi connectivity index (χ0) is 23.1. The number of carbonyl (C=O) groups is 2. The lowest BCUT2D eigenvalue weighted by molar-refractivity contribution is -0.123. The molecule has 0 aliphatic carbocycles. The highest BCUT2D eigenvalue weighted by atomic mass is 35.5. The van der Waals surface area contributed by atoms with Gasteiger partial charge in [-0.05, 0) is 48.4 Å². The van der Waals surface area contributed by atoms with Crippen molar-refractivity contribution >= 4 is 44.8 Å². The summed E-state index contributed by atoms with van der Waals surface area (Å²) in [6.07, 6.45) is 0.163. The second-order valence-corrected chi connectivity index (χ2v) is 9.17. The molecule has 0 fully saturated rings.